The van der Waals surface area contributed by atoms with Crippen LogP contribution >= 0.6 is 0 Å². The van der Waals surface area contributed by atoms with Crippen LogP contribution in [0.5, 0.6) is 0 Å². The Morgan fingerprint density at radius 3 is 1.47 bits per heavy atom. The fraction of sp³-hybridized carbons (Fsp3) is 0.304. The van der Waals surface area contributed by atoms with E-state index in [1.165, 1.54) is 0 Å². The number of aromatic nitrogens is 4. The van der Waals surface area contributed by atoms with Gasteiger partial charge in [0.15, 0.2) is 0 Å². The first-order valence-corrected chi connectivity index (χ1v) is 20.3. The summed E-state index contributed by atoms with van der Waals surface area (Å²) in [5.41, 5.74) is 1.80. The quantitative estimate of drug-likeness (QED) is 0.102. The van der Waals surface area contributed by atoms with Crippen molar-refractivity contribution >= 4 is 45.7 Å². The van der Waals surface area contributed by atoms with Gasteiger partial charge in [-0.1, -0.05) is 50.2 Å². The third-order valence-corrected chi connectivity index (χ3v) is 12.2. The van der Waals surface area contributed by atoms with Crippen molar-refractivity contribution in [1.29, 1.82) is 0 Å². The van der Waals surface area contributed by atoms with Gasteiger partial charge in [-0.05, 0) is 49.2 Å². The monoisotopic (exact) mass is 838 g/mol. The first-order valence-electron chi connectivity index (χ1n) is 20.3. The molecule has 4 aromatic heterocycles. The van der Waals surface area contributed by atoms with E-state index in [9.17, 15) is 28.8 Å². The van der Waals surface area contributed by atoms with Crippen molar-refractivity contribution in [3.8, 4) is 22.8 Å². The number of nitrogens with zero attached hydrogens (tertiary/aromatic N) is 4. The summed E-state index contributed by atoms with van der Waals surface area (Å²) in [6.45, 7) is 1.84. The molecule has 0 bridgehead atoms. The molecule has 4 aliphatic rings. The number of fused-ring (bicyclic) bond motifs is 10. The van der Waals surface area contributed by atoms with Crippen LogP contribution in [0.25, 0.3) is 44.6 Å². The molecule has 314 valence electrons. The van der Waals surface area contributed by atoms with Gasteiger partial charge in [0.25, 0.3) is 11.1 Å². The van der Waals surface area contributed by atoms with E-state index >= 15 is 0 Å². The van der Waals surface area contributed by atoms with Gasteiger partial charge in [0.1, 0.15) is 26.4 Å². The summed E-state index contributed by atoms with van der Waals surface area (Å²) >= 11 is 0. The molecule has 16 nitrogen and oxygen atoms in total. The Balaban J connectivity index is 0.790. The van der Waals surface area contributed by atoms with Gasteiger partial charge >= 0.3 is 23.9 Å². The molecule has 0 N–H and O–H groups in total. The summed E-state index contributed by atoms with van der Waals surface area (Å²) in [7, 11) is 0. The Bertz CT molecular complexity index is 2860. The fourth-order valence-corrected chi connectivity index (χ4v) is 9.04. The van der Waals surface area contributed by atoms with Crippen molar-refractivity contribution in [1.82, 2.24) is 19.1 Å². The summed E-state index contributed by atoms with van der Waals surface area (Å²) in [5.74, 6) is -3.41. The number of hydrogen-bond acceptors (Lipinski definition) is 14. The number of cyclic esters (lactones) is 2. The predicted octanol–water partition coefficient (Wildman–Crippen LogP) is 4.31. The molecule has 0 saturated carbocycles. The molecule has 2 aromatic carbocycles. The van der Waals surface area contributed by atoms with Crippen molar-refractivity contribution < 1.29 is 47.6 Å². The number of esters is 4. The third-order valence-electron chi connectivity index (χ3n) is 12.2. The van der Waals surface area contributed by atoms with Gasteiger partial charge < -0.3 is 37.6 Å². The maximum Gasteiger partial charge on any atom is 0.355 e. The number of rotatable bonds is 11. The van der Waals surface area contributed by atoms with Crippen LogP contribution in [0.4, 0.5) is 0 Å². The first-order chi connectivity index (χ1) is 30.0. The zero-order chi connectivity index (χ0) is 42.9. The van der Waals surface area contributed by atoms with E-state index in [0.717, 1.165) is 32.9 Å². The molecule has 0 aliphatic carbocycles. The molecule has 8 heterocycles. The van der Waals surface area contributed by atoms with Crippen LogP contribution in [0.2, 0.25) is 0 Å². The highest BCUT2D eigenvalue weighted by molar-refractivity contribution is 5.90. The SMILES string of the molecule is CC[C@@]1(OC(=O)COCCOCC(=O)O[C@]2(CC)C(=O)OCc3c2cc2n(c3=O)Cc3cc4ccccc4nc3-2)C(=O)OCc2c1cc1n(c2=O)Cc2cc3ccccc3nc2-1. The van der Waals surface area contributed by atoms with Crippen molar-refractivity contribution in [2.24, 2.45) is 0 Å². The maximum absolute atomic E-state index is 13.8. The highest BCUT2D eigenvalue weighted by Gasteiger charge is 2.52. The zero-order valence-corrected chi connectivity index (χ0v) is 33.7. The molecule has 0 saturated heterocycles. The van der Waals surface area contributed by atoms with E-state index in [1.54, 1.807) is 35.1 Å². The number of hydrogen-bond donors (Lipinski definition) is 0. The Labute approximate surface area is 351 Å². The van der Waals surface area contributed by atoms with E-state index in [0.29, 0.717) is 35.9 Å². The number of ether oxygens (including phenoxy) is 6. The van der Waals surface area contributed by atoms with Gasteiger partial charge in [-0.25, -0.2) is 29.1 Å². The molecule has 4 aliphatic heterocycles. The number of carbonyl (C=O) groups excluding carboxylic acids is 4. The van der Waals surface area contributed by atoms with Crippen LogP contribution in [0.3, 0.4) is 0 Å². The topological polar surface area (TPSA) is 193 Å². The summed E-state index contributed by atoms with van der Waals surface area (Å²) in [6.07, 6.45) is -0.0421. The van der Waals surface area contributed by atoms with Gasteiger partial charge in [0.05, 0.1) is 71.2 Å². The summed E-state index contributed by atoms with van der Waals surface area (Å²) < 4.78 is 36.6. The molecule has 0 spiro atoms. The number of carbonyl (C=O) groups is 4. The average molecular weight is 839 g/mol. The number of para-hydroxylation sites is 2. The van der Waals surface area contributed by atoms with E-state index in [1.807, 2.05) is 60.7 Å². The molecule has 0 amide bonds. The molecule has 16 heteroatoms. The molecule has 2 atom stereocenters. The standard InChI is InChI=1S/C46H38N4O12/c1-3-45(31-17-35-39-27(15-25-9-5-7-11-33(25)47-39)19-49(35)41(53)29(31)21-59-43(45)55)61-37(51)23-57-13-14-58-24-38(52)62-46(4-2)32-18-36-40-28(16-26-10-6-8-12-34(26)48-40)20-50(36)42(54)30(32)22-60-44(46)56/h5-12,15-18H,3-4,13-14,19-24H2,1-2H3/t45-,46-/m0/s1. The Morgan fingerprint density at radius 2 is 1.05 bits per heavy atom. The molecule has 62 heavy (non-hydrogen) atoms. The summed E-state index contributed by atoms with van der Waals surface area (Å²) in [6, 6.07) is 22.6. The second kappa shape index (κ2) is 14.8. The molecule has 0 radical (unpaired) electrons. The minimum absolute atomic E-state index is 0.0211. The molecule has 0 unspecified atom stereocenters. The summed E-state index contributed by atoms with van der Waals surface area (Å²) in [4.78, 5) is 90.6. The lowest BCUT2D eigenvalue weighted by Crippen LogP contribution is -2.48. The van der Waals surface area contributed by atoms with E-state index in [2.05, 4.69) is 0 Å². The highest BCUT2D eigenvalue weighted by atomic mass is 16.6. The van der Waals surface area contributed by atoms with Crippen LogP contribution in [-0.2, 0) is 85.1 Å². The second-order valence-corrected chi connectivity index (χ2v) is 15.6. The van der Waals surface area contributed by atoms with Crippen LogP contribution in [0, 0.1) is 0 Å². The Kier molecular flexibility index (Phi) is 9.37. The third kappa shape index (κ3) is 6.03. The van der Waals surface area contributed by atoms with Crippen molar-refractivity contribution in [3.05, 3.63) is 127 Å². The van der Waals surface area contributed by atoms with E-state index in [-0.39, 0.29) is 72.6 Å². The minimum atomic E-state index is -1.91. The molecular weight excluding hydrogens is 801 g/mol. The maximum atomic E-state index is 13.8. The highest BCUT2D eigenvalue weighted by Crippen LogP contribution is 2.43. The van der Waals surface area contributed by atoms with Crippen LogP contribution in [0.1, 0.15) is 60.1 Å². The largest absolute Gasteiger partial charge is 0.457 e. The van der Waals surface area contributed by atoms with Gasteiger partial charge in [0.2, 0.25) is 11.2 Å². The zero-order valence-electron chi connectivity index (χ0n) is 33.7. The Hall–Kier alpha value is -7.04. The van der Waals surface area contributed by atoms with Gasteiger partial charge in [-0.2, -0.15) is 0 Å². The van der Waals surface area contributed by atoms with Crippen LogP contribution in [-0.4, -0.2) is 69.4 Å². The number of benzene rings is 2. The molecule has 10 rings (SSSR count). The Morgan fingerprint density at radius 1 is 0.629 bits per heavy atom. The van der Waals surface area contributed by atoms with Crippen LogP contribution < -0.4 is 11.1 Å². The lowest BCUT2D eigenvalue weighted by Gasteiger charge is -2.35. The van der Waals surface area contributed by atoms with Crippen molar-refractivity contribution in [2.45, 2.75) is 64.2 Å². The lowest BCUT2D eigenvalue weighted by molar-refractivity contribution is -0.193. The van der Waals surface area contributed by atoms with Crippen molar-refractivity contribution in [3.63, 3.8) is 0 Å². The van der Waals surface area contributed by atoms with E-state index < -0.39 is 48.3 Å². The van der Waals surface area contributed by atoms with Gasteiger partial charge in [-0.15, -0.1) is 0 Å². The van der Waals surface area contributed by atoms with E-state index in [4.69, 9.17) is 38.4 Å². The molecular formula is C46H38N4O12. The van der Waals surface area contributed by atoms with Gasteiger partial charge in [0, 0.05) is 33.0 Å². The average Bonchev–Trinajstić information content (AvgIpc) is 3.83. The first kappa shape index (κ1) is 39.1. The second-order valence-electron chi connectivity index (χ2n) is 15.6. The molecule has 6 aromatic rings. The number of pyridine rings is 4. The van der Waals surface area contributed by atoms with Crippen molar-refractivity contribution in [2.75, 3.05) is 26.4 Å². The molecule has 0 fully saturated rings. The predicted molar refractivity (Wildman–Crippen MR) is 218 cm³/mol. The van der Waals surface area contributed by atoms with Crippen LogP contribution in [0.15, 0.2) is 82.4 Å². The lowest BCUT2D eigenvalue weighted by atomic mass is 9.85. The fourth-order valence-electron chi connectivity index (χ4n) is 9.04. The smallest absolute Gasteiger partial charge is 0.355 e. The normalized spacial score (nSPS) is 19.1. The van der Waals surface area contributed by atoms with Gasteiger partial charge in [-0.3, -0.25) is 9.59 Å². The summed E-state index contributed by atoms with van der Waals surface area (Å²) in [5, 5.41) is 1.86. The minimum Gasteiger partial charge on any atom is -0.457 e.